The number of nitrogens with zero attached hydrogens (tertiary/aromatic N) is 2. The molecule has 1 aromatic carbocycles. The summed E-state index contributed by atoms with van der Waals surface area (Å²) in [7, 11) is 0. The van der Waals surface area contributed by atoms with E-state index in [0.717, 1.165) is 44.1 Å². The van der Waals surface area contributed by atoms with Gasteiger partial charge in [0.15, 0.2) is 0 Å². The molecule has 2 aromatic rings. The molecule has 5 rings (SSSR count). The predicted molar refractivity (Wildman–Crippen MR) is 119 cm³/mol. The molecule has 3 aliphatic rings. The molecule has 2 amide bonds. The van der Waals surface area contributed by atoms with Crippen LogP contribution in [0.15, 0.2) is 24.4 Å². The van der Waals surface area contributed by atoms with E-state index in [1.165, 1.54) is 11.0 Å². The summed E-state index contributed by atoms with van der Waals surface area (Å²) >= 11 is 0. The minimum atomic E-state index is -0.465. The van der Waals surface area contributed by atoms with Crippen molar-refractivity contribution in [2.75, 3.05) is 44.8 Å². The van der Waals surface area contributed by atoms with Crippen molar-refractivity contribution in [1.82, 2.24) is 14.8 Å². The smallest absolute Gasteiger partial charge is 0.410 e. The zero-order valence-electron chi connectivity index (χ0n) is 17.4. The molecule has 2 fully saturated rings. The maximum absolute atomic E-state index is 14.6. The fraction of sp³-hybridized carbons (Fsp3) is 0.364. The fourth-order valence-corrected chi connectivity index (χ4v) is 4.10. The number of benzene rings is 1. The largest absolute Gasteiger partial charge is 0.448 e. The number of anilines is 1. The van der Waals surface area contributed by atoms with Crippen LogP contribution >= 0.6 is 12.4 Å². The van der Waals surface area contributed by atoms with Crippen LogP contribution < -0.4 is 5.32 Å². The Hall–Kier alpha value is -2.88. The third-order valence-electron chi connectivity index (χ3n) is 5.75. The Morgan fingerprint density at radius 2 is 1.88 bits per heavy atom. The zero-order valence-corrected chi connectivity index (χ0v) is 18.2. The number of cyclic esters (lactones) is 1. The summed E-state index contributed by atoms with van der Waals surface area (Å²) in [6.07, 6.45) is 3.25. The van der Waals surface area contributed by atoms with Gasteiger partial charge >= 0.3 is 6.09 Å². The summed E-state index contributed by atoms with van der Waals surface area (Å²) in [4.78, 5) is 31.2. The van der Waals surface area contributed by atoms with Gasteiger partial charge in [-0.1, -0.05) is 0 Å². The normalized spacial score (nSPS) is 19.7. The van der Waals surface area contributed by atoms with Crippen molar-refractivity contribution in [2.24, 2.45) is 0 Å². The van der Waals surface area contributed by atoms with Crippen molar-refractivity contribution in [3.63, 3.8) is 0 Å². The van der Waals surface area contributed by atoms with Gasteiger partial charge in [-0.2, -0.15) is 0 Å². The molecule has 0 radical (unpaired) electrons. The van der Waals surface area contributed by atoms with Crippen LogP contribution in [0, 0.1) is 5.82 Å². The molecular formula is C22H24ClFN4O4. The molecule has 170 valence electrons. The summed E-state index contributed by atoms with van der Waals surface area (Å²) in [5, 5.41) is 2.72. The first-order chi connectivity index (χ1) is 15.1. The number of halogens is 2. The summed E-state index contributed by atoms with van der Waals surface area (Å²) in [6, 6.07) is 4.96. The van der Waals surface area contributed by atoms with Gasteiger partial charge in [-0.3, -0.25) is 9.69 Å². The van der Waals surface area contributed by atoms with Crippen LogP contribution in [0.5, 0.6) is 0 Å². The third-order valence-corrected chi connectivity index (χ3v) is 5.75. The van der Waals surface area contributed by atoms with Crippen LogP contribution in [0.1, 0.15) is 22.4 Å². The fourth-order valence-electron chi connectivity index (χ4n) is 4.10. The van der Waals surface area contributed by atoms with E-state index in [1.807, 2.05) is 12.3 Å². The Balaban J connectivity index is 0.00000245. The second-order valence-electron chi connectivity index (χ2n) is 7.89. The number of hydrogen-bond donors (Lipinski definition) is 2. The first-order valence-corrected chi connectivity index (χ1v) is 10.3. The molecule has 2 saturated heterocycles. The van der Waals surface area contributed by atoms with Crippen LogP contribution in [0.3, 0.4) is 0 Å². The van der Waals surface area contributed by atoms with Gasteiger partial charge in [0.25, 0.3) is 5.91 Å². The highest BCUT2D eigenvalue weighted by Gasteiger charge is 2.28. The first-order valence-electron chi connectivity index (χ1n) is 10.3. The molecule has 4 heterocycles. The number of H-pyrrole nitrogens is 1. The molecule has 32 heavy (non-hydrogen) atoms. The molecule has 0 aliphatic carbocycles. The summed E-state index contributed by atoms with van der Waals surface area (Å²) in [6.45, 7) is 4.92. The van der Waals surface area contributed by atoms with Crippen LogP contribution in [-0.2, 0) is 27.4 Å². The number of nitrogens with one attached hydrogen (secondary N) is 2. The summed E-state index contributed by atoms with van der Waals surface area (Å²) in [5.41, 5.74) is 3.79. The minimum absolute atomic E-state index is 0. The van der Waals surface area contributed by atoms with Gasteiger partial charge in [-0.05, 0) is 29.8 Å². The third kappa shape index (κ3) is 4.50. The van der Waals surface area contributed by atoms with Gasteiger partial charge < -0.3 is 24.7 Å². The van der Waals surface area contributed by atoms with E-state index >= 15 is 0 Å². The maximum atomic E-state index is 14.6. The molecular weight excluding hydrogens is 439 g/mol. The number of amides is 2. The monoisotopic (exact) mass is 462 g/mol. The summed E-state index contributed by atoms with van der Waals surface area (Å²) in [5.74, 6) is -0.746. The number of aromatic nitrogens is 1. The number of aromatic amines is 1. The van der Waals surface area contributed by atoms with E-state index in [0.29, 0.717) is 35.5 Å². The van der Waals surface area contributed by atoms with Crippen molar-refractivity contribution in [1.29, 1.82) is 0 Å². The molecule has 0 saturated carbocycles. The second kappa shape index (κ2) is 9.32. The number of ether oxygens (including phenoxy) is 2. The topological polar surface area (TPSA) is 86.9 Å². The van der Waals surface area contributed by atoms with Gasteiger partial charge in [0.1, 0.15) is 12.4 Å². The molecule has 0 unspecified atom stereocenters. The Morgan fingerprint density at radius 3 is 2.62 bits per heavy atom. The summed E-state index contributed by atoms with van der Waals surface area (Å²) < 4.78 is 24.9. The minimum Gasteiger partial charge on any atom is -0.448 e. The highest BCUT2D eigenvalue weighted by molar-refractivity contribution is 6.34. The zero-order chi connectivity index (χ0) is 21.4. The Kier molecular flexibility index (Phi) is 6.50. The highest BCUT2D eigenvalue weighted by atomic mass is 35.5. The molecule has 2 N–H and O–H groups in total. The van der Waals surface area contributed by atoms with E-state index in [4.69, 9.17) is 9.47 Å². The SMILES string of the molecule is Cl.O=C1Nc2cc(F)c(CN3CCOC3=O)cc2C1=Cc1cc(CN2CCOCC2)c[nH]1. The van der Waals surface area contributed by atoms with Crippen molar-refractivity contribution < 1.29 is 23.5 Å². The van der Waals surface area contributed by atoms with Crippen molar-refractivity contribution >= 4 is 41.7 Å². The molecule has 0 bridgehead atoms. The lowest BCUT2D eigenvalue weighted by atomic mass is 10.0. The van der Waals surface area contributed by atoms with E-state index in [1.54, 1.807) is 12.1 Å². The first kappa shape index (κ1) is 22.3. The number of fused-ring (bicyclic) bond motifs is 1. The van der Waals surface area contributed by atoms with Gasteiger partial charge in [-0.25, -0.2) is 9.18 Å². The van der Waals surface area contributed by atoms with Crippen LogP contribution in [0.4, 0.5) is 14.9 Å². The average molecular weight is 463 g/mol. The van der Waals surface area contributed by atoms with E-state index in [-0.39, 0.29) is 24.9 Å². The van der Waals surface area contributed by atoms with Gasteiger partial charge in [0, 0.05) is 42.7 Å². The van der Waals surface area contributed by atoms with Crippen molar-refractivity contribution in [3.8, 4) is 0 Å². The lowest BCUT2D eigenvalue weighted by Gasteiger charge is -2.25. The number of carbonyl (C=O) groups is 2. The van der Waals surface area contributed by atoms with Crippen LogP contribution in [0.2, 0.25) is 0 Å². The van der Waals surface area contributed by atoms with Gasteiger partial charge in [0.2, 0.25) is 0 Å². The standard InChI is InChI=1S/C22H23FN4O4.ClH/c23-19-10-20-17(8-15(19)13-27-3-6-31-22(27)29)18(21(28)25-20)9-16-7-14(11-24-16)12-26-1-4-30-5-2-26;/h7-11,24H,1-6,12-13H2,(H,25,28);1H. The molecule has 1 aromatic heterocycles. The Morgan fingerprint density at radius 1 is 1.06 bits per heavy atom. The van der Waals surface area contributed by atoms with Crippen LogP contribution in [0.25, 0.3) is 11.6 Å². The molecule has 8 nitrogen and oxygen atoms in total. The molecule has 0 atom stereocenters. The van der Waals surface area contributed by atoms with Gasteiger partial charge in [0.05, 0.1) is 37.6 Å². The second-order valence-corrected chi connectivity index (χ2v) is 7.89. The molecule has 3 aliphatic heterocycles. The van der Waals surface area contributed by atoms with Gasteiger partial charge in [-0.15, -0.1) is 12.4 Å². The van der Waals surface area contributed by atoms with Crippen molar-refractivity contribution in [2.45, 2.75) is 13.1 Å². The van der Waals surface area contributed by atoms with E-state index in [9.17, 15) is 14.0 Å². The van der Waals surface area contributed by atoms with Crippen molar-refractivity contribution in [3.05, 3.63) is 52.6 Å². The number of carbonyl (C=O) groups excluding carboxylic acids is 2. The van der Waals surface area contributed by atoms with E-state index in [2.05, 4.69) is 15.2 Å². The molecule has 10 heteroatoms. The Bertz CT molecular complexity index is 1060. The quantitative estimate of drug-likeness (QED) is 0.667. The lowest BCUT2D eigenvalue weighted by Crippen LogP contribution is -2.35. The number of hydrogen-bond acceptors (Lipinski definition) is 5. The predicted octanol–water partition coefficient (Wildman–Crippen LogP) is 2.85. The number of rotatable bonds is 5. The molecule has 0 spiro atoms. The van der Waals surface area contributed by atoms with E-state index < -0.39 is 11.9 Å². The average Bonchev–Trinajstić information content (AvgIpc) is 3.44. The Labute approximate surface area is 190 Å². The maximum Gasteiger partial charge on any atom is 0.410 e. The lowest BCUT2D eigenvalue weighted by molar-refractivity contribution is -0.110. The van der Waals surface area contributed by atoms with Crippen LogP contribution in [-0.4, -0.2) is 66.2 Å². The highest BCUT2D eigenvalue weighted by Crippen LogP contribution is 2.35. The number of morpholine rings is 1.